The van der Waals surface area contributed by atoms with Gasteiger partial charge in [0.05, 0.1) is 0 Å². The molecule has 21 heavy (non-hydrogen) atoms. The molecule has 0 aromatic carbocycles. The van der Waals surface area contributed by atoms with Gasteiger partial charge >= 0.3 is 0 Å². The molecule has 0 fully saturated rings. The minimum Gasteiger partial charge on any atom is -0.370 e. The standard InChI is InChI=1S/C16H30N4S/c1-8-17-13-12(3)14(18-9-11(2)10-21-7)20-15(19-13)16(4,5)6/h11H,8-10H2,1-7H3,(H2,17,18,19,20). The summed E-state index contributed by atoms with van der Waals surface area (Å²) in [6, 6.07) is 0. The van der Waals surface area contributed by atoms with E-state index in [4.69, 9.17) is 9.97 Å². The highest BCUT2D eigenvalue weighted by Crippen LogP contribution is 2.26. The normalized spacial score (nSPS) is 13.1. The first-order chi connectivity index (χ1) is 9.79. The fourth-order valence-corrected chi connectivity index (χ4v) is 2.66. The highest BCUT2D eigenvalue weighted by atomic mass is 32.2. The van der Waals surface area contributed by atoms with Gasteiger partial charge in [0.1, 0.15) is 17.5 Å². The van der Waals surface area contributed by atoms with E-state index in [1.54, 1.807) is 0 Å². The van der Waals surface area contributed by atoms with Gasteiger partial charge in [0.25, 0.3) is 0 Å². The molecule has 0 radical (unpaired) electrons. The maximum atomic E-state index is 4.75. The maximum Gasteiger partial charge on any atom is 0.138 e. The van der Waals surface area contributed by atoms with Crippen LogP contribution in [0.15, 0.2) is 0 Å². The van der Waals surface area contributed by atoms with Crippen LogP contribution in [0.1, 0.15) is 46.0 Å². The topological polar surface area (TPSA) is 49.8 Å². The predicted molar refractivity (Wildman–Crippen MR) is 95.7 cm³/mol. The number of hydrogen-bond acceptors (Lipinski definition) is 5. The second-order valence-electron chi connectivity index (χ2n) is 6.59. The lowest BCUT2D eigenvalue weighted by Gasteiger charge is -2.22. The van der Waals surface area contributed by atoms with Crippen molar-refractivity contribution in [2.75, 3.05) is 35.7 Å². The second kappa shape index (κ2) is 7.87. The molecule has 1 aromatic heterocycles. The molecule has 0 amide bonds. The van der Waals surface area contributed by atoms with Crippen LogP contribution >= 0.6 is 11.8 Å². The molecule has 0 saturated heterocycles. The van der Waals surface area contributed by atoms with Gasteiger partial charge in [-0.05, 0) is 31.8 Å². The third kappa shape index (κ3) is 5.38. The maximum absolute atomic E-state index is 4.75. The highest BCUT2D eigenvalue weighted by Gasteiger charge is 2.21. The predicted octanol–water partition coefficient (Wildman–Crippen LogP) is 3.93. The minimum atomic E-state index is -0.0564. The Kier molecular flexibility index (Phi) is 6.78. The van der Waals surface area contributed by atoms with Gasteiger partial charge < -0.3 is 10.6 Å². The molecule has 0 bridgehead atoms. The van der Waals surface area contributed by atoms with Crippen LogP contribution in [0.25, 0.3) is 0 Å². The SMILES string of the molecule is CCNc1nc(C(C)(C)C)nc(NCC(C)CSC)c1C. The van der Waals surface area contributed by atoms with Crippen LogP contribution < -0.4 is 10.6 Å². The molecule has 0 aliphatic heterocycles. The highest BCUT2D eigenvalue weighted by molar-refractivity contribution is 7.98. The Labute approximate surface area is 133 Å². The zero-order valence-corrected chi connectivity index (χ0v) is 15.3. The zero-order valence-electron chi connectivity index (χ0n) is 14.5. The van der Waals surface area contributed by atoms with Crippen molar-refractivity contribution in [3.8, 4) is 0 Å². The van der Waals surface area contributed by atoms with Gasteiger partial charge in [0.15, 0.2) is 0 Å². The molecular formula is C16H30N4S. The van der Waals surface area contributed by atoms with Gasteiger partial charge in [-0.2, -0.15) is 11.8 Å². The van der Waals surface area contributed by atoms with E-state index in [9.17, 15) is 0 Å². The van der Waals surface area contributed by atoms with Gasteiger partial charge in [0, 0.05) is 24.1 Å². The summed E-state index contributed by atoms with van der Waals surface area (Å²) < 4.78 is 0. The van der Waals surface area contributed by atoms with Crippen molar-refractivity contribution in [2.24, 2.45) is 5.92 Å². The molecule has 0 aliphatic carbocycles. The molecule has 120 valence electrons. The molecule has 1 atom stereocenters. The zero-order chi connectivity index (χ0) is 16.0. The van der Waals surface area contributed by atoms with E-state index in [0.717, 1.165) is 41.9 Å². The van der Waals surface area contributed by atoms with E-state index in [1.807, 2.05) is 11.8 Å². The number of thioether (sulfide) groups is 1. The molecule has 5 heteroatoms. The van der Waals surface area contributed by atoms with E-state index >= 15 is 0 Å². The van der Waals surface area contributed by atoms with Crippen molar-refractivity contribution in [1.82, 2.24) is 9.97 Å². The second-order valence-corrected chi connectivity index (χ2v) is 7.50. The Morgan fingerprint density at radius 2 is 1.71 bits per heavy atom. The van der Waals surface area contributed by atoms with Crippen molar-refractivity contribution in [3.05, 3.63) is 11.4 Å². The van der Waals surface area contributed by atoms with Crippen LogP contribution in [-0.2, 0) is 5.41 Å². The smallest absolute Gasteiger partial charge is 0.138 e. The number of anilines is 2. The summed E-state index contributed by atoms with van der Waals surface area (Å²) >= 11 is 1.88. The molecule has 1 heterocycles. The van der Waals surface area contributed by atoms with Crippen LogP contribution in [0.3, 0.4) is 0 Å². The molecule has 0 saturated carbocycles. The first-order valence-electron chi connectivity index (χ1n) is 7.65. The van der Waals surface area contributed by atoms with Crippen molar-refractivity contribution in [2.45, 2.75) is 47.0 Å². The summed E-state index contributed by atoms with van der Waals surface area (Å²) in [6.45, 7) is 14.7. The average Bonchev–Trinajstić information content (AvgIpc) is 2.39. The quantitative estimate of drug-likeness (QED) is 0.799. The van der Waals surface area contributed by atoms with E-state index in [-0.39, 0.29) is 5.41 Å². The summed E-state index contributed by atoms with van der Waals surface area (Å²) in [5.41, 5.74) is 1.04. The number of aromatic nitrogens is 2. The average molecular weight is 311 g/mol. The van der Waals surface area contributed by atoms with E-state index in [1.165, 1.54) is 0 Å². The molecular weight excluding hydrogens is 280 g/mol. The lowest BCUT2D eigenvalue weighted by Crippen LogP contribution is -2.21. The Morgan fingerprint density at radius 3 is 2.19 bits per heavy atom. The van der Waals surface area contributed by atoms with Gasteiger partial charge in [-0.15, -0.1) is 0 Å². The third-order valence-electron chi connectivity index (χ3n) is 3.23. The number of rotatable bonds is 7. The summed E-state index contributed by atoms with van der Waals surface area (Å²) in [7, 11) is 0. The number of nitrogens with one attached hydrogen (secondary N) is 2. The third-order valence-corrected chi connectivity index (χ3v) is 4.13. The Balaban J connectivity index is 3.02. The Bertz CT molecular complexity index is 454. The van der Waals surface area contributed by atoms with E-state index in [2.05, 4.69) is 58.4 Å². The van der Waals surface area contributed by atoms with E-state index < -0.39 is 0 Å². The van der Waals surface area contributed by atoms with Crippen LogP contribution in [0.5, 0.6) is 0 Å². The van der Waals surface area contributed by atoms with Gasteiger partial charge in [-0.3, -0.25) is 0 Å². The number of nitrogens with zero attached hydrogens (tertiary/aromatic N) is 2. The molecule has 1 rings (SSSR count). The lowest BCUT2D eigenvalue weighted by atomic mass is 9.95. The summed E-state index contributed by atoms with van der Waals surface area (Å²) in [5, 5.41) is 6.85. The van der Waals surface area contributed by atoms with Crippen LogP contribution in [0.4, 0.5) is 11.6 Å². The molecule has 1 unspecified atom stereocenters. The molecule has 1 aromatic rings. The molecule has 4 nitrogen and oxygen atoms in total. The Hall–Kier alpha value is -0.970. The molecule has 0 spiro atoms. The monoisotopic (exact) mass is 310 g/mol. The van der Waals surface area contributed by atoms with Crippen LogP contribution in [0.2, 0.25) is 0 Å². The molecule has 0 aliphatic rings. The van der Waals surface area contributed by atoms with Gasteiger partial charge in [-0.1, -0.05) is 27.7 Å². The lowest BCUT2D eigenvalue weighted by molar-refractivity contribution is 0.545. The van der Waals surface area contributed by atoms with Gasteiger partial charge in [-0.25, -0.2) is 9.97 Å². The van der Waals surface area contributed by atoms with Crippen LogP contribution in [0, 0.1) is 12.8 Å². The van der Waals surface area contributed by atoms with Crippen molar-refractivity contribution in [3.63, 3.8) is 0 Å². The van der Waals surface area contributed by atoms with Crippen LogP contribution in [-0.4, -0.2) is 35.1 Å². The minimum absolute atomic E-state index is 0.0564. The van der Waals surface area contributed by atoms with Crippen molar-refractivity contribution < 1.29 is 0 Å². The van der Waals surface area contributed by atoms with Crippen molar-refractivity contribution in [1.29, 1.82) is 0 Å². The van der Waals surface area contributed by atoms with E-state index in [0.29, 0.717) is 5.92 Å². The fourth-order valence-electron chi connectivity index (χ4n) is 1.98. The largest absolute Gasteiger partial charge is 0.370 e. The summed E-state index contributed by atoms with van der Waals surface area (Å²) in [4.78, 5) is 9.44. The first kappa shape index (κ1) is 18.1. The van der Waals surface area contributed by atoms with Crippen molar-refractivity contribution >= 4 is 23.4 Å². The summed E-state index contributed by atoms with van der Waals surface area (Å²) in [5.74, 6) is 4.55. The fraction of sp³-hybridized carbons (Fsp3) is 0.750. The van der Waals surface area contributed by atoms with Gasteiger partial charge in [0.2, 0.25) is 0 Å². The Morgan fingerprint density at radius 1 is 1.14 bits per heavy atom. The molecule has 2 N–H and O–H groups in total. The first-order valence-corrected chi connectivity index (χ1v) is 9.04. The number of hydrogen-bond donors (Lipinski definition) is 2. The summed E-state index contributed by atoms with van der Waals surface area (Å²) in [6.07, 6.45) is 2.15.